The van der Waals surface area contributed by atoms with Gasteiger partial charge in [-0.1, -0.05) is 0 Å². The highest BCUT2D eigenvalue weighted by Crippen LogP contribution is 2.35. The Balaban J connectivity index is 2.34. The Hall–Kier alpha value is -2.59. The average molecular weight is 438 g/mol. The SMILES string of the molecule is COc1cc2ncc(-c3cc(N)cc(S(C)(=O)=O)c3)n2cc1S(=O)(=O)C(C)(C)C. The van der Waals surface area contributed by atoms with Crippen LogP contribution in [0, 0.1) is 0 Å². The molecule has 0 saturated carbocycles. The number of hydrogen-bond donors (Lipinski definition) is 1. The molecule has 156 valence electrons. The number of anilines is 1. The summed E-state index contributed by atoms with van der Waals surface area (Å²) in [6.07, 6.45) is 4.07. The molecule has 2 aromatic heterocycles. The number of aromatic nitrogens is 2. The number of methoxy groups -OCH3 is 1. The molecule has 1 aromatic carbocycles. The maximum atomic E-state index is 13.1. The molecule has 3 aromatic rings. The quantitative estimate of drug-likeness (QED) is 0.623. The first-order valence-electron chi connectivity index (χ1n) is 8.66. The van der Waals surface area contributed by atoms with Gasteiger partial charge < -0.3 is 10.5 Å². The van der Waals surface area contributed by atoms with Gasteiger partial charge in [0.25, 0.3) is 0 Å². The van der Waals surface area contributed by atoms with Gasteiger partial charge in [0.05, 0.1) is 28.6 Å². The number of nitrogens with two attached hydrogens (primary N) is 1. The van der Waals surface area contributed by atoms with Crippen LogP contribution in [0.2, 0.25) is 0 Å². The van der Waals surface area contributed by atoms with E-state index >= 15 is 0 Å². The monoisotopic (exact) mass is 437 g/mol. The van der Waals surface area contributed by atoms with Crippen LogP contribution < -0.4 is 10.5 Å². The van der Waals surface area contributed by atoms with E-state index in [1.54, 1.807) is 31.2 Å². The zero-order chi connectivity index (χ0) is 21.8. The van der Waals surface area contributed by atoms with Crippen LogP contribution in [0.1, 0.15) is 20.8 Å². The Bertz CT molecular complexity index is 1320. The maximum absolute atomic E-state index is 13.1. The van der Waals surface area contributed by atoms with E-state index in [0.29, 0.717) is 16.9 Å². The summed E-state index contributed by atoms with van der Waals surface area (Å²) in [6.45, 7) is 4.82. The van der Waals surface area contributed by atoms with E-state index in [4.69, 9.17) is 10.5 Å². The molecule has 0 unspecified atom stereocenters. The molecular formula is C19H23N3O5S2. The largest absolute Gasteiger partial charge is 0.495 e. The number of nitrogens with zero attached hydrogens (tertiary/aromatic N) is 2. The Morgan fingerprint density at radius 2 is 1.72 bits per heavy atom. The molecule has 2 N–H and O–H groups in total. The van der Waals surface area contributed by atoms with Crippen molar-refractivity contribution in [2.24, 2.45) is 0 Å². The van der Waals surface area contributed by atoms with Crippen molar-refractivity contribution in [2.75, 3.05) is 19.1 Å². The van der Waals surface area contributed by atoms with Crippen molar-refractivity contribution in [1.29, 1.82) is 0 Å². The third kappa shape index (κ3) is 3.69. The number of fused-ring (bicyclic) bond motifs is 1. The first kappa shape index (κ1) is 21.1. The van der Waals surface area contributed by atoms with Gasteiger partial charge in [-0.05, 0) is 39.0 Å². The van der Waals surface area contributed by atoms with Gasteiger partial charge in [0.2, 0.25) is 0 Å². The van der Waals surface area contributed by atoms with Crippen LogP contribution in [0.15, 0.2) is 46.5 Å². The summed E-state index contributed by atoms with van der Waals surface area (Å²) in [5.74, 6) is 0.189. The molecule has 0 bridgehead atoms. The molecule has 3 rings (SSSR count). The van der Waals surface area contributed by atoms with Crippen LogP contribution in [0.4, 0.5) is 5.69 Å². The number of nitrogen functional groups attached to an aromatic ring is 1. The van der Waals surface area contributed by atoms with Crippen LogP contribution in [-0.4, -0.2) is 44.3 Å². The predicted octanol–water partition coefficient (Wildman–Crippen LogP) is 2.57. The van der Waals surface area contributed by atoms with E-state index in [0.717, 1.165) is 6.26 Å². The van der Waals surface area contributed by atoms with Gasteiger partial charge in [-0.15, -0.1) is 0 Å². The minimum atomic E-state index is -3.72. The van der Waals surface area contributed by atoms with E-state index in [2.05, 4.69) is 4.98 Å². The lowest BCUT2D eigenvalue weighted by atomic mass is 10.1. The summed E-state index contributed by atoms with van der Waals surface area (Å²) in [5, 5.41) is 0. The molecule has 0 aliphatic carbocycles. The molecule has 0 fully saturated rings. The third-order valence-electron chi connectivity index (χ3n) is 4.54. The van der Waals surface area contributed by atoms with Crippen molar-refractivity contribution in [2.45, 2.75) is 35.3 Å². The zero-order valence-electron chi connectivity index (χ0n) is 16.8. The lowest BCUT2D eigenvalue weighted by Gasteiger charge is -2.21. The zero-order valence-corrected chi connectivity index (χ0v) is 18.4. The number of sulfone groups is 2. The molecular weight excluding hydrogens is 414 g/mol. The van der Waals surface area contributed by atoms with E-state index < -0.39 is 24.4 Å². The molecule has 0 aliphatic heterocycles. The van der Waals surface area contributed by atoms with Crippen LogP contribution in [0.25, 0.3) is 16.9 Å². The van der Waals surface area contributed by atoms with Crippen LogP contribution in [-0.2, 0) is 19.7 Å². The Kier molecular flexibility index (Phi) is 4.91. The number of pyridine rings is 1. The fraction of sp³-hybridized carbons (Fsp3) is 0.316. The molecule has 0 spiro atoms. The van der Waals surface area contributed by atoms with Gasteiger partial charge in [0.1, 0.15) is 16.3 Å². The van der Waals surface area contributed by atoms with E-state index in [1.807, 2.05) is 0 Å². The molecule has 0 atom stereocenters. The summed E-state index contributed by atoms with van der Waals surface area (Å²) >= 11 is 0. The molecule has 0 radical (unpaired) electrons. The second kappa shape index (κ2) is 6.74. The van der Waals surface area contributed by atoms with Crippen LogP contribution in [0.5, 0.6) is 5.75 Å². The molecule has 10 heteroatoms. The van der Waals surface area contributed by atoms with Crippen LogP contribution in [0.3, 0.4) is 0 Å². The van der Waals surface area contributed by atoms with Crippen molar-refractivity contribution in [3.8, 4) is 17.0 Å². The number of benzene rings is 1. The van der Waals surface area contributed by atoms with Gasteiger partial charge in [-0.25, -0.2) is 21.8 Å². The lowest BCUT2D eigenvalue weighted by Crippen LogP contribution is -2.28. The summed E-state index contributed by atoms with van der Waals surface area (Å²) in [4.78, 5) is 4.40. The van der Waals surface area contributed by atoms with Gasteiger partial charge in [-0.2, -0.15) is 0 Å². The summed E-state index contributed by atoms with van der Waals surface area (Å²) < 4.78 is 55.9. The fourth-order valence-electron chi connectivity index (χ4n) is 2.88. The minimum absolute atomic E-state index is 0.0199. The van der Waals surface area contributed by atoms with Crippen molar-refractivity contribution in [1.82, 2.24) is 9.38 Å². The lowest BCUT2D eigenvalue weighted by molar-refractivity contribution is 0.401. The Labute approximate surface area is 170 Å². The molecule has 0 amide bonds. The summed E-state index contributed by atoms with van der Waals surface area (Å²) in [7, 11) is -5.80. The third-order valence-corrected chi connectivity index (χ3v) is 8.13. The maximum Gasteiger partial charge on any atom is 0.188 e. The second-order valence-electron chi connectivity index (χ2n) is 7.76. The van der Waals surface area contributed by atoms with Crippen molar-refractivity contribution in [3.63, 3.8) is 0 Å². The first-order valence-corrected chi connectivity index (χ1v) is 12.0. The average Bonchev–Trinajstić information content (AvgIpc) is 3.01. The minimum Gasteiger partial charge on any atom is -0.495 e. The van der Waals surface area contributed by atoms with Crippen molar-refractivity contribution >= 4 is 31.0 Å². The van der Waals surface area contributed by atoms with Crippen LogP contribution >= 0.6 is 0 Å². The molecule has 0 saturated heterocycles. The highest BCUT2D eigenvalue weighted by atomic mass is 32.2. The van der Waals surface area contributed by atoms with Gasteiger partial charge >= 0.3 is 0 Å². The highest BCUT2D eigenvalue weighted by Gasteiger charge is 2.34. The van der Waals surface area contributed by atoms with Gasteiger partial charge in [0.15, 0.2) is 19.7 Å². The summed E-state index contributed by atoms with van der Waals surface area (Å²) in [6, 6.07) is 6.00. The molecule has 2 heterocycles. The van der Waals surface area contributed by atoms with Crippen molar-refractivity contribution in [3.05, 3.63) is 36.7 Å². The Morgan fingerprint density at radius 1 is 1.07 bits per heavy atom. The molecule has 29 heavy (non-hydrogen) atoms. The van der Waals surface area contributed by atoms with Gasteiger partial charge in [0, 0.05) is 29.8 Å². The second-order valence-corrected chi connectivity index (χ2v) is 12.4. The van der Waals surface area contributed by atoms with Gasteiger partial charge in [-0.3, -0.25) is 4.40 Å². The smallest absolute Gasteiger partial charge is 0.188 e. The predicted molar refractivity (Wildman–Crippen MR) is 112 cm³/mol. The summed E-state index contributed by atoms with van der Waals surface area (Å²) in [5.41, 5.74) is 7.63. The first-order chi connectivity index (χ1) is 13.3. The number of ether oxygens (including phenoxy) is 1. The normalized spacial score (nSPS) is 13.0. The fourth-order valence-corrected chi connectivity index (χ4v) is 4.88. The number of imidazole rings is 1. The van der Waals surface area contributed by atoms with Crippen molar-refractivity contribution < 1.29 is 21.6 Å². The number of hydrogen-bond acceptors (Lipinski definition) is 7. The molecule has 0 aliphatic rings. The van der Waals surface area contributed by atoms with E-state index in [1.165, 1.54) is 37.7 Å². The topological polar surface area (TPSA) is 121 Å². The molecule has 8 nitrogen and oxygen atoms in total. The van der Waals surface area contributed by atoms with E-state index in [-0.39, 0.29) is 21.2 Å². The standard InChI is InChI=1S/C19H23N3O5S2/c1-19(2,3)29(25,26)17-11-22-15(10-21-18(22)9-16(17)27-4)12-6-13(20)8-14(7-12)28(5,23)24/h6-11H,20H2,1-5H3. The highest BCUT2D eigenvalue weighted by molar-refractivity contribution is 7.92. The van der Waals surface area contributed by atoms with E-state index in [9.17, 15) is 16.8 Å². The number of rotatable bonds is 4. The Morgan fingerprint density at radius 3 is 2.28 bits per heavy atom.